The van der Waals surface area contributed by atoms with Crippen molar-refractivity contribution >= 4 is 82.0 Å². The number of ether oxygens (including phenoxy) is 1. The highest BCUT2D eigenvalue weighted by molar-refractivity contribution is 14.1. The van der Waals surface area contributed by atoms with Gasteiger partial charge in [-0.15, -0.1) is 0 Å². The Labute approximate surface area is 203 Å². The average molecular weight is 674 g/mol. The lowest BCUT2D eigenvalue weighted by Gasteiger charge is -2.12. The summed E-state index contributed by atoms with van der Waals surface area (Å²) in [6.07, 6.45) is 1.87. The van der Waals surface area contributed by atoms with Crippen LogP contribution in [0.25, 0.3) is 11.6 Å². The van der Waals surface area contributed by atoms with Gasteiger partial charge in [-0.2, -0.15) is 5.26 Å². The molecular weight excluding hydrogens is 661 g/mol. The summed E-state index contributed by atoms with van der Waals surface area (Å²) in [5, 5.41) is 9.56. The molecule has 0 N–H and O–H groups in total. The van der Waals surface area contributed by atoms with Crippen molar-refractivity contribution in [3.05, 3.63) is 94.3 Å². The van der Waals surface area contributed by atoms with E-state index in [0.717, 1.165) is 39.4 Å². The molecule has 0 spiro atoms. The van der Waals surface area contributed by atoms with Gasteiger partial charge >= 0.3 is 0 Å². The molecule has 0 radical (unpaired) electrons. The molecule has 0 aliphatic carbocycles. The SMILES string of the molecule is N#C/C(=C/c1cc(Br)c(OCc2ccc(Br)cc2)c(Br)c1)c1ccc(I)cc1. The van der Waals surface area contributed by atoms with Crippen LogP contribution in [0, 0.1) is 14.9 Å². The molecule has 140 valence electrons. The zero-order valence-electron chi connectivity index (χ0n) is 14.4. The van der Waals surface area contributed by atoms with Crippen LogP contribution in [0.1, 0.15) is 16.7 Å². The van der Waals surface area contributed by atoms with Gasteiger partial charge in [-0.05, 0) is 114 Å². The molecule has 0 unspecified atom stereocenters. The fourth-order valence-corrected chi connectivity index (χ4v) is 4.59. The Kier molecular flexibility index (Phi) is 7.75. The van der Waals surface area contributed by atoms with Crippen LogP contribution >= 0.6 is 70.4 Å². The van der Waals surface area contributed by atoms with Gasteiger partial charge in [0.25, 0.3) is 0 Å². The Bertz CT molecular complexity index is 1030. The lowest BCUT2D eigenvalue weighted by atomic mass is 10.0. The Morgan fingerprint density at radius 1 is 0.964 bits per heavy atom. The van der Waals surface area contributed by atoms with Crippen LogP contribution < -0.4 is 4.74 Å². The molecule has 0 amide bonds. The predicted molar refractivity (Wildman–Crippen MR) is 133 cm³/mol. The molecule has 0 bridgehead atoms. The third-order valence-corrected chi connectivity index (χ3v) is 6.33. The molecule has 0 aromatic heterocycles. The summed E-state index contributed by atoms with van der Waals surface area (Å²) in [7, 11) is 0. The predicted octanol–water partition coefficient (Wildman–Crippen LogP) is 8.22. The zero-order chi connectivity index (χ0) is 20.1. The lowest BCUT2D eigenvalue weighted by Crippen LogP contribution is -1.97. The van der Waals surface area contributed by atoms with Crippen LogP contribution in [0.5, 0.6) is 5.75 Å². The third kappa shape index (κ3) is 5.69. The van der Waals surface area contributed by atoms with E-state index in [4.69, 9.17) is 4.74 Å². The van der Waals surface area contributed by atoms with Crippen molar-refractivity contribution in [2.75, 3.05) is 0 Å². The van der Waals surface area contributed by atoms with E-state index >= 15 is 0 Å². The molecule has 0 fully saturated rings. The van der Waals surface area contributed by atoms with E-state index in [1.54, 1.807) is 0 Å². The summed E-state index contributed by atoms with van der Waals surface area (Å²) >= 11 is 12.9. The topological polar surface area (TPSA) is 33.0 Å². The molecule has 0 heterocycles. The normalized spacial score (nSPS) is 11.2. The molecule has 6 heteroatoms. The number of halogens is 4. The molecule has 3 aromatic rings. The van der Waals surface area contributed by atoms with Crippen molar-refractivity contribution in [3.63, 3.8) is 0 Å². The van der Waals surface area contributed by atoms with Crippen molar-refractivity contribution in [1.82, 2.24) is 0 Å². The molecule has 3 rings (SSSR count). The van der Waals surface area contributed by atoms with E-state index in [1.807, 2.05) is 66.7 Å². The number of allylic oxidation sites excluding steroid dienone is 1. The standard InChI is InChI=1S/C22H13Br3INO/c23-18-5-1-14(2-6-18)13-28-22-20(24)10-15(11-21(22)25)9-17(12-27)16-3-7-19(26)8-4-16/h1-11H,13H2/b17-9-. The molecule has 0 aliphatic rings. The second-order valence-corrected chi connectivity index (χ2v) is 9.78. The van der Waals surface area contributed by atoms with Gasteiger partial charge in [0.2, 0.25) is 0 Å². The van der Waals surface area contributed by atoms with Crippen LogP contribution in [-0.2, 0) is 6.61 Å². The van der Waals surface area contributed by atoms with Crippen LogP contribution in [0.15, 0.2) is 74.1 Å². The average Bonchev–Trinajstić information content (AvgIpc) is 2.67. The maximum Gasteiger partial charge on any atom is 0.148 e. The maximum atomic E-state index is 9.56. The van der Waals surface area contributed by atoms with Gasteiger partial charge in [-0.1, -0.05) is 40.2 Å². The third-order valence-electron chi connectivity index (χ3n) is 3.90. The fourth-order valence-electron chi connectivity index (χ4n) is 2.51. The minimum Gasteiger partial charge on any atom is -0.487 e. The summed E-state index contributed by atoms with van der Waals surface area (Å²) in [5.41, 5.74) is 3.49. The summed E-state index contributed by atoms with van der Waals surface area (Å²) in [6, 6.07) is 22.1. The Hall–Kier alpha value is -1.14. The second-order valence-electron chi connectivity index (χ2n) is 5.91. The Balaban J connectivity index is 1.83. The smallest absolute Gasteiger partial charge is 0.148 e. The molecule has 3 aromatic carbocycles. The van der Waals surface area contributed by atoms with E-state index < -0.39 is 0 Å². The highest BCUT2D eigenvalue weighted by atomic mass is 127. The molecular formula is C22H13Br3INO. The quantitative estimate of drug-likeness (QED) is 0.155. The minimum absolute atomic E-state index is 0.464. The van der Waals surface area contributed by atoms with Crippen LogP contribution in [0.2, 0.25) is 0 Å². The number of hydrogen-bond donors (Lipinski definition) is 0. The first-order chi connectivity index (χ1) is 13.5. The highest BCUT2D eigenvalue weighted by Crippen LogP contribution is 2.36. The van der Waals surface area contributed by atoms with Gasteiger partial charge in [0.1, 0.15) is 12.4 Å². The van der Waals surface area contributed by atoms with Gasteiger partial charge in [0.15, 0.2) is 0 Å². The van der Waals surface area contributed by atoms with Crippen molar-refractivity contribution in [2.24, 2.45) is 0 Å². The number of rotatable bonds is 5. The van der Waals surface area contributed by atoms with Crippen molar-refractivity contribution in [1.29, 1.82) is 5.26 Å². The van der Waals surface area contributed by atoms with E-state index in [-0.39, 0.29) is 0 Å². The monoisotopic (exact) mass is 671 g/mol. The fraction of sp³-hybridized carbons (Fsp3) is 0.0455. The first-order valence-corrected chi connectivity index (χ1v) is 11.7. The summed E-state index contributed by atoms with van der Waals surface area (Å²) < 4.78 is 9.80. The number of nitrogens with zero attached hydrogens (tertiary/aromatic N) is 1. The molecule has 0 saturated heterocycles. The first-order valence-electron chi connectivity index (χ1n) is 8.20. The lowest BCUT2D eigenvalue weighted by molar-refractivity contribution is 0.302. The molecule has 0 aliphatic heterocycles. The van der Waals surface area contributed by atoms with Crippen molar-refractivity contribution in [3.8, 4) is 11.8 Å². The van der Waals surface area contributed by atoms with Gasteiger partial charge in [0.05, 0.1) is 20.6 Å². The number of hydrogen-bond acceptors (Lipinski definition) is 2. The van der Waals surface area contributed by atoms with E-state index in [9.17, 15) is 5.26 Å². The van der Waals surface area contributed by atoms with Crippen LogP contribution in [0.4, 0.5) is 0 Å². The zero-order valence-corrected chi connectivity index (χ0v) is 21.3. The Morgan fingerprint density at radius 2 is 1.57 bits per heavy atom. The van der Waals surface area contributed by atoms with Gasteiger partial charge in [-0.3, -0.25) is 0 Å². The van der Waals surface area contributed by atoms with Crippen molar-refractivity contribution < 1.29 is 4.74 Å². The minimum atomic E-state index is 0.464. The molecule has 2 nitrogen and oxygen atoms in total. The number of benzene rings is 3. The number of nitriles is 1. The van der Waals surface area contributed by atoms with Gasteiger partial charge < -0.3 is 4.74 Å². The molecule has 28 heavy (non-hydrogen) atoms. The summed E-state index contributed by atoms with van der Waals surface area (Å²) in [4.78, 5) is 0. The van der Waals surface area contributed by atoms with E-state index in [1.165, 1.54) is 0 Å². The van der Waals surface area contributed by atoms with E-state index in [2.05, 4.69) is 76.4 Å². The van der Waals surface area contributed by atoms with Gasteiger partial charge in [0, 0.05) is 8.04 Å². The molecule has 0 atom stereocenters. The Morgan fingerprint density at radius 3 is 2.14 bits per heavy atom. The first kappa shape index (κ1) is 21.6. The van der Waals surface area contributed by atoms with Gasteiger partial charge in [-0.25, -0.2) is 0 Å². The second kappa shape index (κ2) is 10.1. The van der Waals surface area contributed by atoms with Crippen LogP contribution in [0.3, 0.4) is 0 Å². The van der Waals surface area contributed by atoms with Crippen LogP contribution in [-0.4, -0.2) is 0 Å². The highest BCUT2D eigenvalue weighted by Gasteiger charge is 2.10. The summed E-state index contributed by atoms with van der Waals surface area (Å²) in [5.74, 6) is 0.729. The summed E-state index contributed by atoms with van der Waals surface area (Å²) in [6.45, 7) is 0.464. The largest absolute Gasteiger partial charge is 0.487 e. The maximum absolute atomic E-state index is 9.56. The van der Waals surface area contributed by atoms with E-state index in [0.29, 0.717) is 12.2 Å². The molecule has 0 saturated carbocycles. The van der Waals surface area contributed by atoms with Crippen molar-refractivity contribution in [2.45, 2.75) is 6.61 Å².